The third-order valence-electron chi connectivity index (χ3n) is 5.70. The van der Waals surface area contributed by atoms with Crippen LogP contribution in [0.25, 0.3) is 0 Å². The van der Waals surface area contributed by atoms with Crippen molar-refractivity contribution in [2.75, 3.05) is 36.7 Å². The summed E-state index contributed by atoms with van der Waals surface area (Å²) in [5.41, 5.74) is 2.40. The van der Waals surface area contributed by atoms with Crippen LogP contribution >= 0.6 is 0 Å². The molecule has 0 atom stereocenters. The highest BCUT2D eigenvalue weighted by Crippen LogP contribution is 2.37. The van der Waals surface area contributed by atoms with E-state index in [0.717, 1.165) is 42.1 Å². The van der Waals surface area contributed by atoms with Crippen LogP contribution < -0.4 is 20.7 Å². The van der Waals surface area contributed by atoms with E-state index < -0.39 is 23.5 Å². The maximum absolute atomic E-state index is 13.7. The molecular weight excluding hydrogens is 473 g/mol. The van der Waals surface area contributed by atoms with Crippen molar-refractivity contribution < 1.29 is 22.7 Å². The van der Waals surface area contributed by atoms with Gasteiger partial charge in [0.25, 0.3) is 0 Å². The predicted molar refractivity (Wildman–Crippen MR) is 132 cm³/mol. The Balaban J connectivity index is 1.67. The molecule has 8 nitrogen and oxygen atoms in total. The van der Waals surface area contributed by atoms with Gasteiger partial charge in [-0.05, 0) is 55.4 Å². The quantitative estimate of drug-likeness (QED) is 0.390. The second-order valence-electron chi connectivity index (χ2n) is 8.24. The number of amides is 1. The first kappa shape index (κ1) is 25.0. The standard InChI is InChI=1S/C25H25F3N6O2/c1-4-22(35)30-15-6-5-7-16(12-15)31-23-19(25(26,27)28)13-29-24(33-23)32-20-8-9-21(36-3)18-14-34(2)11-10-17(18)20/h4-9,12-13H,1,10-11,14H2,2-3H3,(H,30,35)(H2,29,31,32,33). The summed E-state index contributed by atoms with van der Waals surface area (Å²) in [4.78, 5) is 21.8. The number of likely N-dealkylation sites (N-methyl/N-ethyl adjacent to an activating group) is 1. The van der Waals surface area contributed by atoms with Crippen molar-refractivity contribution in [3.05, 3.63) is 71.9 Å². The fourth-order valence-corrected chi connectivity index (χ4v) is 3.96. The zero-order chi connectivity index (χ0) is 25.9. The number of benzene rings is 2. The molecule has 2 aromatic carbocycles. The minimum absolute atomic E-state index is 0.00732. The Morgan fingerprint density at radius 2 is 1.94 bits per heavy atom. The van der Waals surface area contributed by atoms with Gasteiger partial charge in [0, 0.05) is 41.9 Å². The lowest BCUT2D eigenvalue weighted by molar-refractivity contribution is -0.137. The molecule has 0 saturated carbocycles. The Morgan fingerprint density at radius 1 is 1.17 bits per heavy atom. The number of methoxy groups -OCH3 is 1. The van der Waals surface area contributed by atoms with E-state index in [1.54, 1.807) is 25.3 Å². The van der Waals surface area contributed by atoms with Gasteiger partial charge in [0.05, 0.1) is 7.11 Å². The van der Waals surface area contributed by atoms with Crippen LogP contribution in [0.15, 0.2) is 55.3 Å². The van der Waals surface area contributed by atoms with Crippen LogP contribution in [0.3, 0.4) is 0 Å². The van der Waals surface area contributed by atoms with Crippen molar-refractivity contribution in [3.63, 3.8) is 0 Å². The summed E-state index contributed by atoms with van der Waals surface area (Å²) < 4.78 is 46.7. The molecule has 1 aromatic heterocycles. The van der Waals surface area contributed by atoms with Crippen molar-refractivity contribution in [1.29, 1.82) is 0 Å². The summed E-state index contributed by atoms with van der Waals surface area (Å²) >= 11 is 0. The first-order valence-corrected chi connectivity index (χ1v) is 11.1. The highest BCUT2D eigenvalue weighted by Gasteiger charge is 2.35. The maximum Gasteiger partial charge on any atom is 0.421 e. The maximum atomic E-state index is 13.7. The number of rotatable bonds is 7. The molecule has 0 bridgehead atoms. The van der Waals surface area contributed by atoms with E-state index in [4.69, 9.17) is 4.74 Å². The normalized spacial score (nSPS) is 13.5. The van der Waals surface area contributed by atoms with E-state index in [0.29, 0.717) is 23.6 Å². The van der Waals surface area contributed by atoms with Gasteiger partial charge in [-0.1, -0.05) is 12.6 Å². The molecule has 0 unspecified atom stereocenters. The van der Waals surface area contributed by atoms with Crippen molar-refractivity contribution in [2.24, 2.45) is 0 Å². The Bertz CT molecular complexity index is 1300. The number of fused-ring (bicyclic) bond motifs is 1. The smallest absolute Gasteiger partial charge is 0.421 e. The SMILES string of the molecule is C=CC(=O)Nc1cccc(Nc2nc(Nc3ccc(OC)c4c3CCN(C)C4)ncc2C(F)(F)F)c1. The molecule has 1 amide bonds. The van der Waals surface area contributed by atoms with Gasteiger partial charge in [0.15, 0.2) is 0 Å². The van der Waals surface area contributed by atoms with Crippen LogP contribution in [0.5, 0.6) is 5.75 Å². The molecule has 1 aliphatic heterocycles. The number of aromatic nitrogens is 2. The highest BCUT2D eigenvalue weighted by atomic mass is 19.4. The molecular formula is C25H25F3N6O2. The van der Waals surface area contributed by atoms with E-state index in [2.05, 4.69) is 37.4 Å². The fraction of sp³-hybridized carbons (Fsp3) is 0.240. The lowest BCUT2D eigenvalue weighted by Gasteiger charge is -2.28. The van der Waals surface area contributed by atoms with Crippen LogP contribution in [0.2, 0.25) is 0 Å². The number of hydrogen-bond donors (Lipinski definition) is 3. The number of carbonyl (C=O) groups excluding carboxylic acids is 1. The molecule has 0 radical (unpaired) electrons. The van der Waals surface area contributed by atoms with Gasteiger partial charge < -0.3 is 25.6 Å². The zero-order valence-electron chi connectivity index (χ0n) is 19.7. The molecule has 0 saturated heterocycles. The number of ether oxygens (including phenoxy) is 1. The Kier molecular flexibility index (Phi) is 7.11. The summed E-state index contributed by atoms with van der Waals surface area (Å²) in [7, 11) is 3.61. The molecule has 2 heterocycles. The summed E-state index contributed by atoms with van der Waals surface area (Å²) in [6.45, 7) is 4.90. The van der Waals surface area contributed by atoms with Crippen LogP contribution in [0.1, 0.15) is 16.7 Å². The second-order valence-corrected chi connectivity index (χ2v) is 8.24. The minimum atomic E-state index is -4.68. The number of hydrogen-bond acceptors (Lipinski definition) is 7. The lowest BCUT2D eigenvalue weighted by Crippen LogP contribution is -2.27. The number of alkyl halides is 3. The molecule has 1 aliphatic rings. The Hall–Kier alpha value is -4.12. The van der Waals surface area contributed by atoms with Gasteiger partial charge in [0.1, 0.15) is 17.1 Å². The average Bonchev–Trinajstić information content (AvgIpc) is 2.83. The van der Waals surface area contributed by atoms with Gasteiger partial charge in [-0.3, -0.25) is 4.79 Å². The van der Waals surface area contributed by atoms with Crippen molar-refractivity contribution in [1.82, 2.24) is 14.9 Å². The summed E-state index contributed by atoms with van der Waals surface area (Å²) in [5, 5.41) is 8.35. The molecule has 0 spiro atoms. The zero-order valence-corrected chi connectivity index (χ0v) is 19.7. The average molecular weight is 499 g/mol. The lowest BCUT2D eigenvalue weighted by atomic mass is 9.97. The minimum Gasteiger partial charge on any atom is -0.496 e. The molecule has 11 heteroatoms. The first-order valence-electron chi connectivity index (χ1n) is 11.1. The number of nitrogens with zero attached hydrogens (tertiary/aromatic N) is 3. The largest absolute Gasteiger partial charge is 0.496 e. The third kappa shape index (κ3) is 5.57. The second kappa shape index (κ2) is 10.2. The van der Waals surface area contributed by atoms with Crippen LogP contribution in [-0.2, 0) is 23.9 Å². The van der Waals surface area contributed by atoms with Crippen molar-refractivity contribution >= 4 is 34.7 Å². The van der Waals surface area contributed by atoms with Crippen LogP contribution in [-0.4, -0.2) is 41.5 Å². The highest BCUT2D eigenvalue weighted by molar-refractivity contribution is 5.99. The number of carbonyl (C=O) groups is 1. The van der Waals surface area contributed by atoms with Gasteiger partial charge in [0.2, 0.25) is 11.9 Å². The number of nitrogens with one attached hydrogen (secondary N) is 3. The van der Waals surface area contributed by atoms with Gasteiger partial charge >= 0.3 is 6.18 Å². The molecule has 3 N–H and O–H groups in total. The third-order valence-corrected chi connectivity index (χ3v) is 5.70. The molecule has 0 aliphatic carbocycles. The number of halogens is 3. The first-order chi connectivity index (χ1) is 17.2. The Morgan fingerprint density at radius 3 is 2.67 bits per heavy atom. The van der Waals surface area contributed by atoms with E-state index >= 15 is 0 Å². The van der Waals surface area contributed by atoms with E-state index in [-0.39, 0.29) is 5.95 Å². The number of anilines is 5. The molecule has 188 valence electrons. The van der Waals surface area contributed by atoms with Crippen molar-refractivity contribution in [3.8, 4) is 5.75 Å². The van der Waals surface area contributed by atoms with Gasteiger partial charge in [-0.15, -0.1) is 0 Å². The topological polar surface area (TPSA) is 91.4 Å². The Labute approximate surface area is 206 Å². The fourth-order valence-electron chi connectivity index (χ4n) is 3.96. The monoisotopic (exact) mass is 498 g/mol. The summed E-state index contributed by atoms with van der Waals surface area (Å²) in [6.07, 6.45) is -2.11. The predicted octanol–water partition coefficient (Wildman–Crippen LogP) is 5.10. The van der Waals surface area contributed by atoms with Gasteiger partial charge in [-0.25, -0.2) is 4.98 Å². The van der Waals surface area contributed by atoms with Crippen LogP contribution in [0.4, 0.5) is 42.0 Å². The molecule has 36 heavy (non-hydrogen) atoms. The molecule has 4 rings (SSSR count). The summed E-state index contributed by atoms with van der Waals surface area (Å²) in [6, 6.07) is 9.88. The summed E-state index contributed by atoms with van der Waals surface area (Å²) in [5.74, 6) is -0.103. The van der Waals surface area contributed by atoms with E-state index in [1.165, 1.54) is 6.07 Å². The molecule has 0 fully saturated rings. The van der Waals surface area contributed by atoms with E-state index in [9.17, 15) is 18.0 Å². The van der Waals surface area contributed by atoms with Crippen molar-refractivity contribution in [2.45, 2.75) is 19.1 Å². The van der Waals surface area contributed by atoms with Gasteiger partial charge in [-0.2, -0.15) is 18.2 Å². The molecule has 3 aromatic rings. The van der Waals surface area contributed by atoms with E-state index in [1.807, 2.05) is 19.2 Å². The van der Waals surface area contributed by atoms with Crippen LogP contribution in [0, 0.1) is 0 Å².